The van der Waals surface area contributed by atoms with E-state index in [0.29, 0.717) is 10.0 Å². The van der Waals surface area contributed by atoms with Crippen molar-refractivity contribution in [1.29, 1.82) is 0 Å². The fraction of sp³-hybridized carbons (Fsp3) is 0.222. The van der Waals surface area contributed by atoms with Gasteiger partial charge in [-0.15, -0.1) is 10.2 Å². The Morgan fingerprint density at radius 3 is 2.58 bits per heavy atom. The minimum Gasteiger partial charge on any atom is -0.302 e. The maximum atomic E-state index is 6.08. The molecule has 1 aromatic heterocycles. The average molecular weight is 378 g/mol. The molecular weight excluding hydrogens is 361 g/mol. The minimum absolute atomic E-state index is 0.573. The molecule has 3 rings (SSSR count). The number of benzene rings is 2. The Morgan fingerprint density at radius 2 is 1.88 bits per heavy atom. The van der Waals surface area contributed by atoms with Crippen LogP contribution in [-0.2, 0) is 12.3 Å². The summed E-state index contributed by atoms with van der Waals surface area (Å²) in [5, 5.41) is 10.8. The van der Waals surface area contributed by atoms with E-state index in [4.69, 9.17) is 23.2 Å². The van der Waals surface area contributed by atoms with Crippen molar-refractivity contribution in [1.82, 2.24) is 14.8 Å². The molecule has 3 nitrogen and oxygen atoms in total. The van der Waals surface area contributed by atoms with Crippen LogP contribution in [0.4, 0.5) is 0 Å². The highest BCUT2D eigenvalue weighted by Crippen LogP contribution is 2.29. The van der Waals surface area contributed by atoms with Gasteiger partial charge in [0.1, 0.15) is 0 Å². The highest BCUT2D eigenvalue weighted by molar-refractivity contribution is 7.98. The Morgan fingerprint density at radius 1 is 1.04 bits per heavy atom. The highest BCUT2D eigenvalue weighted by atomic mass is 35.5. The molecule has 2 aromatic carbocycles. The average Bonchev–Trinajstić information content (AvgIpc) is 2.99. The SMILES string of the molecule is CCn1c(SCc2ccc(Cl)c(Cl)c2)nnc1-c1cccc(C)c1. The zero-order chi connectivity index (χ0) is 17.1. The van der Waals surface area contributed by atoms with E-state index in [1.165, 1.54) is 5.56 Å². The van der Waals surface area contributed by atoms with E-state index < -0.39 is 0 Å². The van der Waals surface area contributed by atoms with Crippen molar-refractivity contribution < 1.29 is 0 Å². The fourth-order valence-corrected chi connectivity index (χ4v) is 3.72. The van der Waals surface area contributed by atoms with Gasteiger partial charge in [0.2, 0.25) is 0 Å². The second-order valence-electron chi connectivity index (χ2n) is 5.46. The quantitative estimate of drug-likeness (QED) is 0.520. The lowest BCUT2D eigenvalue weighted by Crippen LogP contribution is -2.00. The number of hydrogen-bond donors (Lipinski definition) is 0. The summed E-state index contributed by atoms with van der Waals surface area (Å²) in [6.45, 7) is 5.00. The number of aromatic nitrogens is 3. The first-order valence-electron chi connectivity index (χ1n) is 7.65. The Bertz CT molecular complexity index is 861. The molecule has 124 valence electrons. The van der Waals surface area contributed by atoms with Gasteiger partial charge < -0.3 is 4.57 Å². The molecule has 0 saturated heterocycles. The zero-order valence-corrected chi connectivity index (χ0v) is 15.8. The van der Waals surface area contributed by atoms with Gasteiger partial charge in [-0.2, -0.15) is 0 Å². The van der Waals surface area contributed by atoms with E-state index >= 15 is 0 Å². The van der Waals surface area contributed by atoms with E-state index in [-0.39, 0.29) is 0 Å². The first kappa shape index (κ1) is 17.3. The van der Waals surface area contributed by atoms with E-state index in [1.54, 1.807) is 11.8 Å². The molecule has 0 radical (unpaired) electrons. The zero-order valence-electron chi connectivity index (χ0n) is 13.5. The van der Waals surface area contributed by atoms with Crippen molar-refractivity contribution in [3.63, 3.8) is 0 Å². The number of halogens is 2. The van der Waals surface area contributed by atoms with Crippen molar-refractivity contribution in [3.8, 4) is 11.4 Å². The van der Waals surface area contributed by atoms with Gasteiger partial charge in [-0.3, -0.25) is 0 Å². The highest BCUT2D eigenvalue weighted by Gasteiger charge is 2.13. The molecule has 6 heteroatoms. The summed E-state index contributed by atoms with van der Waals surface area (Å²) in [5.74, 6) is 1.67. The summed E-state index contributed by atoms with van der Waals surface area (Å²) in [6.07, 6.45) is 0. The molecule has 0 aliphatic carbocycles. The minimum atomic E-state index is 0.573. The first-order valence-corrected chi connectivity index (χ1v) is 9.39. The maximum absolute atomic E-state index is 6.08. The van der Waals surface area contributed by atoms with Crippen LogP contribution < -0.4 is 0 Å². The van der Waals surface area contributed by atoms with Crippen LogP contribution in [0.3, 0.4) is 0 Å². The molecule has 0 N–H and O–H groups in total. The van der Waals surface area contributed by atoms with Gasteiger partial charge in [0, 0.05) is 17.9 Å². The van der Waals surface area contributed by atoms with Crippen molar-refractivity contribution in [3.05, 3.63) is 63.6 Å². The lowest BCUT2D eigenvalue weighted by Gasteiger charge is -2.08. The van der Waals surface area contributed by atoms with Crippen LogP contribution in [0.15, 0.2) is 47.6 Å². The van der Waals surface area contributed by atoms with Gasteiger partial charge in [-0.05, 0) is 37.6 Å². The van der Waals surface area contributed by atoms with E-state index in [0.717, 1.165) is 34.4 Å². The number of rotatable bonds is 5. The molecule has 0 saturated carbocycles. The standard InChI is InChI=1S/C18H17Cl2N3S/c1-3-23-17(14-6-4-5-12(2)9-14)21-22-18(23)24-11-13-7-8-15(19)16(20)10-13/h4-10H,3,11H2,1-2H3. The van der Waals surface area contributed by atoms with Gasteiger partial charge in [0.05, 0.1) is 10.0 Å². The summed E-state index contributed by atoms with van der Waals surface area (Å²) in [7, 11) is 0. The monoisotopic (exact) mass is 377 g/mol. The number of nitrogens with zero attached hydrogens (tertiary/aromatic N) is 3. The summed E-state index contributed by atoms with van der Waals surface area (Å²) >= 11 is 13.7. The van der Waals surface area contributed by atoms with E-state index in [9.17, 15) is 0 Å². The molecule has 1 heterocycles. The van der Waals surface area contributed by atoms with Crippen LogP contribution in [-0.4, -0.2) is 14.8 Å². The Balaban J connectivity index is 1.83. The van der Waals surface area contributed by atoms with Crippen molar-refractivity contribution in [2.45, 2.75) is 31.3 Å². The second-order valence-corrected chi connectivity index (χ2v) is 7.21. The first-order chi connectivity index (χ1) is 11.6. The van der Waals surface area contributed by atoms with Crippen molar-refractivity contribution in [2.24, 2.45) is 0 Å². The number of hydrogen-bond acceptors (Lipinski definition) is 3. The van der Waals surface area contributed by atoms with Gasteiger partial charge in [-0.1, -0.05) is 64.8 Å². The topological polar surface area (TPSA) is 30.7 Å². The molecular formula is C18H17Cl2N3S. The molecule has 0 aliphatic rings. The third-order valence-electron chi connectivity index (χ3n) is 3.66. The Labute approximate surface area is 156 Å². The normalized spacial score (nSPS) is 11.0. The summed E-state index contributed by atoms with van der Waals surface area (Å²) < 4.78 is 2.14. The van der Waals surface area contributed by atoms with Gasteiger partial charge in [0.25, 0.3) is 0 Å². The third kappa shape index (κ3) is 3.77. The molecule has 0 aliphatic heterocycles. The predicted molar refractivity (Wildman–Crippen MR) is 102 cm³/mol. The fourth-order valence-electron chi connectivity index (χ4n) is 2.46. The molecule has 0 spiro atoms. The summed E-state index contributed by atoms with van der Waals surface area (Å²) in [5.41, 5.74) is 3.41. The van der Waals surface area contributed by atoms with E-state index in [2.05, 4.69) is 46.8 Å². The lowest BCUT2D eigenvalue weighted by molar-refractivity contribution is 0.687. The smallest absolute Gasteiger partial charge is 0.191 e. The van der Waals surface area contributed by atoms with Crippen LogP contribution >= 0.6 is 35.0 Å². The molecule has 0 bridgehead atoms. The van der Waals surface area contributed by atoms with Crippen LogP contribution in [0.1, 0.15) is 18.1 Å². The molecule has 0 fully saturated rings. The molecule has 3 aromatic rings. The molecule has 0 atom stereocenters. The lowest BCUT2D eigenvalue weighted by atomic mass is 10.1. The Kier molecular flexibility index (Phi) is 5.49. The van der Waals surface area contributed by atoms with Crippen LogP contribution in [0.2, 0.25) is 10.0 Å². The summed E-state index contributed by atoms with van der Waals surface area (Å²) in [4.78, 5) is 0. The van der Waals surface area contributed by atoms with Gasteiger partial charge in [0.15, 0.2) is 11.0 Å². The summed E-state index contributed by atoms with van der Waals surface area (Å²) in [6, 6.07) is 14.0. The van der Waals surface area contributed by atoms with Crippen LogP contribution in [0.25, 0.3) is 11.4 Å². The predicted octanol–water partition coefficient (Wildman–Crippen LogP) is 5.87. The van der Waals surface area contributed by atoms with Crippen molar-refractivity contribution >= 4 is 35.0 Å². The molecule has 0 unspecified atom stereocenters. The van der Waals surface area contributed by atoms with Crippen LogP contribution in [0, 0.1) is 6.92 Å². The number of thioether (sulfide) groups is 1. The van der Waals surface area contributed by atoms with Gasteiger partial charge in [-0.25, -0.2) is 0 Å². The molecule has 24 heavy (non-hydrogen) atoms. The van der Waals surface area contributed by atoms with Crippen molar-refractivity contribution in [2.75, 3.05) is 0 Å². The number of aryl methyl sites for hydroxylation is 1. The Hall–Kier alpha value is -1.49. The molecule has 0 amide bonds. The van der Waals surface area contributed by atoms with Gasteiger partial charge >= 0.3 is 0 Å². The second kappa shape index (κ2) is 7.60. The van der Waals surface area contributed by atoms with E-state index in [1.807, 2.05) is 24.3 Å². The maximum Gasteiger partial charge on any atom is 0.191 e. The van der Waals surface area contributed by atoms with Crippen LogP contribution in [0.5, 0.6) is 0 Å². The third-order valence-corrected chi connectivity index (χ3v) is 5.44. The largest absolute Gasteiger partial charge is 0.302 e.